The van der Waals surface area contributed by atoms with Crippen LogP contribution in [0, 0.1) is 5.92 Å². The van der Waals surface area contributed by atoms with Gasteiger partial charge in [0.1, 0.15) is 5.02 Å². The number of anilines is 1. The largest absolute Gasteiger partial charge is 0.465 e. The van der Waals surface area contributed by atoms with Crippen molar-refractivity contribution in [2.75, 3.05) is 45.7 Å². The number of piperidine rings is 1. The number of esters is 1. The molecular weight excluding hydrogens is 380 g/mol. The van der Waals surface area contributed by atoms with Gasteiger partial charge < -0.3 is 14.5 Å². The minimum absolute atomic E-state index is 0.0881. The highest BCUT2D eigenvalue weighted by molar-refractivity contribution is 6.33. The van der Waals surface area contributed by atoms with Gasteiger partial charge in [-0.3, -0.25) is 4.79 Å². The van der Waals surface area contributed by atoms with Crippen LogP contribution in [0.25, 0.3) is 5.69 Å². The molecule has 1 aliphatic heterocycles. The van der Waals surface area contributed by atoms with Crippen molar-refractivity contribution in [3.8, 4) is 5.69 Å². The first kappa shape index (κ1) is 20.4. The van der Waals surface area contributed by atoms with Crippen LogP contribution in [0.5, 0.6) is 0 Å². The summed E-state index contributed by atoms with van der Waals surface area (Å²) >= 11 is 6.41. The zero-order valence-electron chi connectivity index (χ0n) is 16.4. The highest BCUT2D eigenvalue weighted by Crippen LogP contribution is 2.25. The summed E-state index contributed by atoms with van der Waals surface area (Å²) in [5, 5.41) is 4.36. The van der Waals surface area contributed by atoms with Gasteiger partial charge in [0.2, 0.25) is 0 Å². The summed E-state index contributed by atoms with van der Waals surface area (Å²) in [6.07, 6.45) is 3.82. The monoisotopic (exact) mass is 404 g/mol. The van der Waals surface area contributed by atoms with Gasteiger partial charge in [-0.2, -0.15) is 9.78 Å². The summed E-state index contributed by atoms with van der Waals surface area (Å²) in [6, 6.07) is 6.65. The normalized spacial score (nSPS) is 15.4. The lowest BCUT2D eigenvalue weighted by Crippen LogP contribution is -2.36. The molecule has 1 aromatic carbocycles. The van der Waals surface area contributed by atoms with Crippen LogP contribution >= 0.6 is 11.6 Å². The van der Waals surface area contributed by atoms with Crippen LogP contribution in [0.2, 0.25) is 5.02 Å². The molecule has 0 spiro atoms. The fourth-order valence-electron chi connectivity index (χ4n) is 3.53. The lowest BCUT2D eigenvalue weighted by atomic mass is 9.96. The molecule has 1 aromatic heterocycles. The van der Waals surface area contributed by atoms with E-state index in [0.29, 0.717) is 17.3 Å². The van der Waals surface area contributed by atoms with E-state index < -0.39 is 11.5 Å². The first-order valence-corrected chi connectivity index (χ1v) is 9.65. The Labute approximate surface area is 169 Å². The van der Waals surface area contributed by atoms with E-state index in [1.165, 1.54) is 7.11 Å². The van der Waals surface area contributed by atoms with Gasteiger partial charge in [-0.15, -0.1) is 0 Å². The number of hydrogen-bond donors (Lipinski definition) is 0. The number of methoxy groups -OCH3 is 1. The Hall–Kier alpha value is -2.38. The smallest absolute Gasteiger partial charge is 0.340 e. The molecule has 28 heavy (non-hydrogen) atoms. The molecule has 0 amide bonds. The highest BCUT2D eigenvalue weighted by atomic mass is 35.5. The van der Waals surface area contributed by atoms with Crippen LogP contribution in [-0.2, 0) is 4.74 Å². The van der Waals surface area contributed by atoms with E-state index in [2.05, 4.69) is 17.0 Å². The second-order valence-corrected chi connectivity index (χ2v) is 7.57. The number of likely N-dealkylation sites (tertiary alicyclic amines) is 1. The predicted molar refractivity (Wildman–Crippen MR) is 110 cm³/mol. The molecule has 0 radical (unpaired) electrons. The zero-order valence-corrected chi connectivity index (χ0v) is 17.1. The molecule has 0 bridgehead atoms. The Morgan fingerprint density at radius 1 is 1.32 bits per heavy atom. The minimum Gasteiger partial charge on any atom is -0.465 e. The van der Waals surface area contributed by atoms with Gasteiger partial charge >= 0.3 is 5.97 Å². The van der Waals surface area contributed by atoms with Crippen molar-refractivity contribution in [3.63, 3.8) is 0 Å². The molecule has 1 aliphatic rings. The van der Waals surface area contributed by atoms with E-state index in [0.717, 1.165) is 37.2 Å². The average Bonchev–Trinajstić information content (AvgIpc) is 2.71. The average molecular weight is 405 g/mol. The molecule has 0 saturated carbocycles. The quantitative estimate of drug-likeness (QED) is 0.713. The fraction of sp³-hybridized carbons (Fsp3) is 0.450. The van der Waals surface area contributed by atoms with Gasteiger partial charge in [0.15, 0.2) is 0 Å². The van der Waals surface area contributed by atoms with Crippen molar-refractivity contribution in [1.29, 1.82) is 0 Å². The molecule has 1 saturated heterocycles. The Bertz CT molecular complexity index is 907. The number of ether oxygens (including phenoxy) is 1. The molecule has 3 rings (SSSR count). The molecular formula is C20H25ClN4O3. The molecule has 2 aromatic rings. The minimum atomic E-state index is -0.538. The first-order chi connectivity index (χ1) is 13.4. The molecule has 0 aliphatic carbocycles. The standard InChI is InChI=1S/C20H25ClN4O3/c1-23-10-8-14(9-11-23)13-24(2)17-12-22-25(19(26)18(17)21)16-7-5-4-6-15(16)20(27)28-3/h4-7,12,14H,8-11,13H2,1-3H3. The summed E-state index contributed by atoms with van der Waals surface area (Å²) < 4.78 is 5.94. The van der Waals surface area contributed by atoms with Gasteiger partial charge in [0.05, 0.1) is 30.2 Å². The van der Waals surface area contributed by atoms with Gasteiger partial charge in [-0.1, -0.05) is 23.7 Å². The van der Waals surface area contributed by atoms with E-state index in [1.54, 1.807) is 30.5 Å². The molecule has 8 heteroatoms. The van der Waals surface area contributed by atoms with Crippen LogP contribution in [0.1, 0.15) is 23.2 Å². The number of aromatic nitrogens is 2. The second-order valence-electron chi connectivity index (χ2n) is 7.20. The fourth-order valence-corrected chi connectivity index (χ4v) is 3.81. The van der Waals surface area contributed by atoms with Crippen molar-refractivity contribution in [3.05, 3.63) is 51.4 Å². The molecule has 150 valence electrons. The number of carbonyl (C=O) groups is 1. The zero-order chi connectivity index (χ0) is 20.3. The maximum Gasteiger partial charge on any atom is 0.340 e. The number of rotatable bonds is 5. The third-order valence-electron chi connectivity index (χ3n) is 5.22. The van der Waals surface area contributed by atoms with Gasteiger partial charge in [0.25, 0.3) is 5.56 Å². The molecule has 0 unspecified atom stereocenters. The summed E-state index contributed by atoms with van der Waals surface area (Å²) in [5.74, 6) is 0.0173. The number of hydrogen-bond acceptors (Lipinski definition) is 6. The maximum atomic E-state index is 12.9. The van der Waals surface area contributed by atoms with Crippen molar-refractivity contribution in [1.82, 2.24) is 14.7 Å². The van der Waals surface area contributed by atoms with Crippen LogP contribution in [-0.4, -0.2) is 61.5 Å². The van der Waals surface area contributed by atoms with E-state index in [1.807, 2.05) is 11.9 Å². The van der Waals surface area contributed by atoms with E-state index in [4.69, 9.17) is 16.3 Å². The molecule has 0 N–H and O–H groups in total. The summed E-state index contributed by atoms with van der Waals surface area (Å²) in [4.78, 5) is 29.2. The number of nitrogens with zero attached hydrogens (tertiary/aromatic N) is 4. The third-order valence-corrected chi connectivity index (χ3v) is 5.57. The van der Waals surface area contributed by atoms with E-state index >= 15 is 0 Å². The van der Waals surface area contributed by atoms with Crippen molar-refractivity contribution < 1.29 is 9.53 Å². The van der Waals surface area contributed by atoms with Gasteiger partial charge in [0, 0.05) is 13.6 Å². The number of halogens is 1. The highest BCUT2D eigenvalue weighted by Gasteiger charge is 2.22. The van der Waals surface area contributed by atoms with Crippen molar-refractivity contribution in [2.45, 2.75) is 12.8 Å². The van der Waals surface area contributed by atoms with Gasteiger partial charge in [-0.25, -0.2) is 4.79 Å². The van der Waals surface area contributed by atoms with Gasteiger partial charge in [-0.05, 0) is 51.0 Å². The Morgan fingerprint density at radius 3 is 2.68 bits per heavy atom. The Kier molecular flexibility index (Phi) is 6.36. The van der Waals surface area contributed by atoms with Crippen LogP contribution < -0.4 is 10.5 Å². The van der Waals surface area contributed by atoms with Crippen LogP contribution in [0.3, 0.4) is 0 Å². The number of carbonyl (C=O) groups excluding carboxylic acids is 1. The Morgan fingerprint density at radius 2 is 2.00 bits per heavy atom. The van der Waals surface area contributed by atoms with Crippen molar-refractivity contribution in [2.24, 2.45) is 5.92 Å². The summed E-state index contributed by atoms with van der Waals surface area (Å²) in [6.45, 7) is 2.98. The lowest BCUT2D eigenvalue weighted by Gasteiger charge is -2.32. The maximum absolute atomic E-state index is 12.9. The summed E-state index contributed by atoms with van der Waals surface area (Å²) in [7, 11) is 5.35. The summed E-state index contributed by atoms with van der Waals surface area (Å²) in [5.41, 5.74) is 0.719. The third kappa shape index (κ3) is 4.20. The molecule has 0 atom stereocenters. The number of benzene rings is 1. The van der Waals surface area contributed by atoms with Crippen molar-refractivity contribution >= 4 is 23.3 Å². The molecule has 1 fully saturated rings. The molecule has 2 heterocycles. The first-order valence-electron chi connectivity index (χ1n) is 9.27. The topological polar surface area (TPSA) is 67.7 Å². The molecule has 7 nitrogen and oxygen atoms in total. The van der Waals surface area contributed by atoms with Crippen LogP contribution in [0.15, 0.2) is 35.3 Å². The second kappa shape index (κ2) is 8.75. The van der Waals surface area contributed by atoms with E-state index in [-0.39, 0.29) is 10.6 Å². The SMILES string of the molecule is COC(=O)c1ccccc1-n1ncc(N(C)CC2CCN(C)CC2)c(Cl)c1=O. The Balaban J connectivity index is 1.88. The van der Waals surface area contributed by atoms with E-state index in [9.17, 15) is 9.59 Å². The number of para-hydroxylation sites is 1. The predicted octanol–water partition coefficient (Wildman–Crippen LogP) is 2.45. The van der Waals surface area contributed by atoms with Crippen LogP contribution in [0.4, 0.5) is 5.69 Å². The lowest BCUT2D eigenvalue weighted by molar-refractivity contribution is 0.0600.